The number of aliphatic hydroxyl groups excluding tert-OH is 1. The first kappa shape index (κ1) is 25.2. The number of hydrogen-bond acceptors (Lipinski definition) is 5. The maximum atomic E-state index is 13.6. The van der Waals surface area contributed by atoms with Crippen molar-refractivity contribution in [1.82, 2.24) is 19.7 Å². The molecule has 0 spiro atoms. The van der Waals surface area contributed by atoms with Crippen molar-refractivity contribution in [3.63, 3.8) is 0 Å². The van der Waals surface area contributed by atoms with Crippen LogP contribution in [-0.2, 0) is 13.1 Å². The van der Waals surface area contributed by atoms with Gasteiger partial charge in [-0.15, -0.1) is 0 Å². The summed E-state index contributed by atoms with van der Waals surface area (Å²) in [6.45, 7) is 4.51. The lowest BCUT2D eigenvalue weighted by Crippen LogP contribution is -2.38. The number of nitrogens with one attached hydrogen (secondary N) is 2. The number of anilines is 2. The standard InChI is InChI=1S/C28H29FN6O3/c1-16-13-34(28(38)24-7-4-10-31-24)15-22-25(27(37)32-21-6-3-5-18(11-21)17(2)36)33-35(26(16)22)14-19-8-9-20(29)12-23(19)30/h3-12,16-17,31,36H,13-15,30H2,1-2H3,(H,32,37)/t16?,17-/m0/s1. The number of nitrogen functional groups attached to an aromatic ring is 1. The minimum atomic E-state index is -0.687. The van der Waals surface area contributed by atoms with Gasteiger partial charge in [0, 0.05) is 41.3 Å². The van der Waals surface area contributed by atoms with Crippen LogP contribution in [0.15, 0.2) is 60.8 Å². The second kappa shape index (κ2) is 10.1. The fourth-order valence-corrected chi connectivity index (χ4v) is 4.92. The molecule has 38 heavy (non-hydrogen) atoms. The van der Waals surface area contributed by atoms with Crippen LogP contribution in [0.2, 0.25) is 0 Å². The number of rotatable bonds is 6. The van der Waals surface area contributed by atoms with Crippen molar-refractivity contribution >= 4 is 23.2 Å². The molecule has 196 valence electrons. The van der Waals surface area contributed by atoms with E-state index in [1.165, 1.54) is 12.1 Å². The molecule has 9 nitrogen and oxygen atoms in total. The van der Waals surface area contributed by atoms with E-state index in [-0.39, 0.29) is 30.6 Å². The predicted octanol–water partition coefficient (Wildman–Crippen LogP) is 4.05. The minimum absolute atomic E-state index is 0.132. The van der Waals surface area contributed by atoms with Crippen molar-refractivity contribution in [2.75, 3.05) is 17.6 Å². The van der Waals surface area contributed by atoms with Gasteiger partial charge in [0.05, 0.1) is 19.2 Å². The lowest BCUT2D eigenvalue weighted by Gasteiger charge is -2.32. The number of nitrogens with two attached hydrogens (primary N) is 1. The molecule has 10 heteroatoms. The van der Waals surface area contributed by atoms with E-state index in [1.807, 2.05) is 6.92 Å². The zero-order valence-corrected chi connectivity index (χ0v) is 21.1. The largest absolute Gasteiger partial charge is 0.398 e. The van der Waals surface area contributed by atoms with Crippen LogP contribution >= 0.6 is 0 Å². The fraction of sp³-hybridized carbons (Fsp3) is 0.250. The Hall–Kier alpha value is -4.44. The summed E-state index contributed by atoms with van der Waals surface area (Å²) in [5.41, 5.74) is 10.3. The lowest BCUT2D eigenvalue weighted by molar-refractivity contribution is 0.0711. The van der Waals surface area contributed by atoms with Crippen LogP contribution in [0.5, 0.6) is 0 Å². The molecule has 5 rings (SSSR count). The SMILES string of the molecule is CC1CN(C(=O)c2ccc[nH]2)Cc2c(C(=O)Nc3cccc([C@H](C)O)c3)nn(Cc3ccc(F)cc3N)c21. The van der Waals surface area contributed by atoms with Crippen molar-refractivity contribution in [2.45, 2.75) is 39.0 Å². The summed E-state index contributed by atoms with van der Waals surface area (Å²) in [6.07, 6.45) is 1.01. The quantitative estimate of drug-likeness (QED) is 0.288. The van der Waals surface area contributed by atoms with Gasteiger partial charge in [-0.2, -0.15) is 5.10 Å². The Morgan fingerprint density at radius 3 is 2.76 bits per heavy atom. The molecule has 2 atom stereocenters. The van der Waals surface area contributed by atoms with Gasteiger partial charge in [-0.25, -0.2) is 4.39 Å². The molecule has 3 heterocycles. The van der Waals surface area contributed by atoms with E-state index in [0.717, 1.165) is 5.69 Å². The number of fused-ring (bicyclic) bond motifs is 1. The number of aromatic amines is 1. The highest BCUT2D eigenvalue weighted by Crippen LogP contribution is 2.33. The molecule has 0 bridgehead atoms. The number of carbonyl (C=O) groups is 2. The smallest absolute Gasteiger partial charge is 0.276 e. The third-order valence-electron chi connectivity index (χ3n) is 6.79. The van der Waals surface area contributed by atoms with Crippen molar-refractivity contribution < 1.29 is 19.1 Å². The van der Waals surface area contributed by atoms with Gasteiger partial charge in [0.15, 0.2) is 5.69 Å². The Morgan fingerprint density at radius 1 is 1.24 bits per heavy atom. The minimum Gasteiger partial charge on any atom is -0.398 e. The molecule has 1 aliphatic rings. The second-order valence-corrected chi connectivity index (χ2v) is 9.64. The number of aromatic nitrogens is 3. The van der Waals surface area contributed by atoms with E-state index in [0.29, 0.717) is 40.3 Å². The molecule has 0 fully saturated rings. The van der Waals surface area contributed by atoms with Gasteiger partial charge in [0.25, 0.3) is 11.8 Å². The molecule has 2 aromatic heterocycles. The Morgan fingerprint density at radius 2 is 2.05 bits per heavy atom. The first-order valence-electron chi connectivity index (χ1n) is 12.4. The summed E-state index contributed by atoms with van der Waals surface area (Å²) in [5, 5.41) is 17.5. The molecule has 2 amide bonds. The van der Waals surface area contributed by atoms with Crippen LogP contribution in [0.25, 0.3) is 0 Å². The van der Waals surface area contributed by atoms with Crippen LogP contribution in [-0.4, -0.2) is 43.1 Å². The van der Waals surface area contributed by atoms with Crippen LogP contribution in [0.1, 0.15) is 69.2 Å². The van der Waals surface area contributed by atoms with E-state index in [2.05, 4.69) is 15.4 Å². The molecule has 1 unspecified atom stereocenters. The number of aliphatic hydroxyl groups is 1. The predicted molar refractivity (Wildman–Crippen MR) is 141 cm³/mol. The number of hydrogen-bond donors (Lipinski definition) is 4. The number of carbonyl (C=O) groups excluding carboxylic acids is 2. The molecule has 0 aliphatic carbocycles. The summed E-state index contributed by atoms with van der Waals surface area (Å²) in [6, 6.07) is 14.6. The van der Waals surface area contributed by atoms with Gasteiger partial charge in [-0.1, -0.05) is 25.1 Å². The normalized spacial score (nSPS) is 15.7. The van der Waals surface area contributed by atoms with Gasteiger partial charge in [0.1, 0.15) is 11.5 Å². The molecule has 5 N–H and O–H groups in total. The number of nitrogens with zero attached hydrogens (tertiary/aromatic N) is 3. The van der Waals surface area contributed by atoms with Gasteiger partial charge in [-0.05, 0) is 54.4 Å². The van der Waals surface area contributed by atoms with E-state index >= 15 is 0 Å². The molecule has 4 aromatic rings. The maximum absolute atomic E-state index is 13.6. The zero-order chi connectivity index (χ0) is 27.0. The van der Waals surface area contributed by atoms with E-state index < -0.39 is 17.8 Å². The molecule has 1 aliphatic heterocycles. The van der Waals surface area contributed by atoms with Crippen LogP contribution in [0.3, 0.4) is 0 Å². The fourth-order valence-electron chi connectivity index (χ4n) is 4.92. The van der Waals surface area contributed by atoms with Crippen molar-refractivity contribution in [3.8, 4) is 0 Å². The highest BCUT2D eigenvalue weighted by molar-refractivity contribution is 6.04. The number of amides is 2. The van der Waals surface area contributed by atoms with E-state index in [9.17, 15) is 19.1 Å². The number of halogens is 1. The Bertz CT molecular complexity index is 1490. The van der Waals surface area contributed by atoms with Crippen molar-refractivity contribution in [2.24, 2.45) is 0 Å². The monoisotopic (exact) mass is 516 g/mol. The van der Waals surface area contributed by atoms with Gasteiger partial charge in [-0.3, -0.25) is 14.3 Å². The molecular weight excluding hydrogens is 487 g/mol. The van der Waals surface area contributed by atoms with Crippen LogP contribution in [0.4, 0.5) is 15.8 Å². The van der Waals surface area contributed by atoms with Crippen LogP contribution < -0.4 is 11.1 Å². The second-order valence-electron chi connectivity index (χ2n) is 9.64. The molecule has 2 aromatic carbocycles. The summed E-state index contributed by atoms with van der Waals surface area (Å²) in [7, 11) is 0. The molecule has 0 radical (unpaired) electrons. The molecule has 0 saturated heterocycles. The van der Waals surface area contributed by atoms with Crippen molar-refractivity contribution in [3.05, 3.63) is 100 Å². The molecule has 0 saturated carbocycles. The van der Waals surface area contributed by atoms with E-state index in [1.54, 1.807) is 65.2 Å². The number of H-pyrrole nitrogens is 1. The Balaban J connectivity index is 1.53. The average molecular weight is 517 g/mol. The first-order chi connectivity index (χ1) is 18.2. The highest BCUT2D eigenvalue weighted by atomic mass is 19.1. The van der Waals surface area contributed by atoms with Gasteiger partial charge < -0.3 is 26.0 Å². The third kappa shape index (κ3) is 4.90. The molecular formula is C28H29FN6O3. The zero-order valence-electron chi connectivity index (χ0n) is 21.1. The van der Waals surface area contributed by atoms with Crippen LogP contribution in [0, 0.1) is 5.82 Å². The summed E-state index contributed by atoms with van der Waals surface area (Å²) in [5.74, 6) is -1.16. The number of benzene rings is 2. The Labute approximate surface area is 219 Å². The third-order valence-corrected chi connectivity index (χ3v) is 6.79. The summed E-state index contributed by atoms with van der Waals surface area (Å²) < 4.78 is 15.4. The van der Waals surface area contributed by atoms with Gasteiger partial charge >= 0.3 is 0 Å². The summed E-state index contributed by atoms with van der Waals surface area (Å²) >= 11 is 0. The Kier molecular flexibility index (Phi) is 6.73. The van der Waals surface area contributed by atoms with Crippen molar-refractivity contribution in [1.29, 1.82) is 0 Å². The lowest BCUT2D eigenvalue weighted by atomic mass is 9.95. The summed E-state index contributed by atoms with van der Waals surface area (Å²) in [4.78, 5) is 31.3. The van der Waals surface area contributed by atoms with Gasteiger partial charge in [0.2, 0.25) is 0 Å². The van der Waals surface area contributed by atoms with E-state index in [4.69, 9.17) is 5.73 Å². The highest BCUT2D eigenvalue weighted by Gasteiger charge is 2.34. The topological polar surface area (TPSA) is 129 Å². The maximum Gasteiger partial charge on any atom is 0.276 e. The first-order valence-corrected chi connectivity index (χ1v) is 12.4. The average Bonchev–Trinajstić information content (AvgIpc) is 3.54.